The third-order valence-electron chi connectivity index (χ3n) is 3.46. The summed E-state index contributed by atoms with van der Waals surface area (Å²) in [5.74, 6) is -0.0600. The molecule has 1 amide bonds. The van der Waals surface area contributed by atoms with E-state index >= 15 is 0 Å². The minimum absolute atomic E-state index is 0.336. The van der Waals surface area contributed by atoms with Gasteiger partial charge < -0.3 is 10.7 Å². The van der Waals surface area contributed by atoms with Crippen molar-refractivity contribution < 1.29 is 4.79 Å². The molecule has 5 nitrogen and oxygen atoms in total. The number of fused-ring (bicyclic) bond motifs is 1. The Hall–Kier alpha value is -2.56. The quantitative estimate of drug-likeness (QED) is 0.772. The summed E-state index contributed by atoms with van der Waals surface area (Å²) in [7, 11) is 0. The smallest absolute Gasteiger partial charge is 0.269 e. The van der Waals surface area contributed by atoms with Gasteiger partial charge in [0.1, 0.15) is 0 Å². The third kappa shape index (κ3) is 2.31. The zero-order valence-corrected chi connectivity index (χ0v) is 12.1. The lowest BCUT2D eigenvalue weighted by Crippen LogP contribution is -2.13. The van der Waals surface area contributed by atoms with Gasteiger partial charge in [0.05, 0.1) is 5.52 Å². The summed E-state index contributed by atoms with van der Waals surface area (Å²) in [6.07, 6.45) is 3.76. The van der Waals surface area contributed by atoms with Crippen LogP contribution >= 0.6 is 0 Å². The fourth-order valence-corrected chi connectivity index (χ4v) is 2.62. The number of hydrogen-bond acceptors (Lipinski definition) is 2. The fourth-order valence-electron chi connectivity index (χ4n) is 2.62. The minimum Gasteiger partial charge on any atom is -0.367 e. The summed E-state index contributed by atoms with van der Waals surface area (Å²) in [5, 5.41) is 5.26. The number of aromatic amines is 1. The van der Waals surface area contributed by atoms with Gasteiger partial charge in [-0.2, -0.15) is 5.10 Å². The molecule has 0 radical (unpaired) electrons. The van der Waals surface area contributed by atoms with Crippen molar-refractivity contribution >= 4 is 16.8 Å². The average molecular weight is 282 g/mol. The third-order valence-corrected chi connectivity index (χ3v) is 3.46. The maximum atomic E-state index is 11.8. The molecule has 3 N–H and O–H groups in total. The van der Waals surface area contributed by atoms with E-state index in [4.69, 9.17) is 5.73 Å². The van der Waals surface area contributed by atoms with E-state index in [0.29, 0.717) is 11.6 Å². The number of H-pyrrole nitrogens is 1. The summed E-state index contributed by atoms with van der Waals surface area (Å²) < 4.78 is 1.87. The van der Waals surface area contributed by atoms with Crippen molar-refractivity contribution in [2.75, 3.05) is 0 Å². The lowest BCUT2D eigenvalue weighted by atomic mass is 10.0. The van der Waals surface area contributed by atoms with Crippen LogP contribution in [0.1, 0.15) is 24.3 Å². The van der Waals surface area contributed by atoms with Crippen LogP contribution in [0.3, 0.4) is 0 Å². The van der Waals surface area contributed by atoms with Crippen LogP contribution in [-0.4, -0.2) is 20.7 Å². The number of nitrogens with one attached hydrogen (secondary N) is 1. The molecule has 3 rings (SSSR count). The zero-order valence-electron chi connectivity index (χ0n) is 12.1. The van der Waals surface area contributed by atoms with E-state index in [1.54, 1.807) is 0 Å². The first-order valence-electron chi connectivity index (χ1n) is 7.00. The van der Waals surface area contributed by atoms with Crippen molar-refractivity contribution in [2.45, 2.75) is 20.4 Å². The van der Waals surface area contributed by atoms with Gasteiger partial charge in [-0.3, -0.25) is 9.48 Å². The van der Waals surface area contributed by atoms with Crippen LogP contribution < -0.4 is 5.73 Å². The lowest BCUT2D eigenvalue weighted by Gasteiger charge is -2.07. The second-order valence-electron chi connectivity index (χ2n) is 5.59. The first-order chi connectivity index (χ1) is 10.1. The molecule has 5 heteroatoms. The Bertz CT molecular complexity index is 784. The number of primary amides is 1. The van der Waals surface area contributed by atoms with Crippen molar-refractivity contribution in [2.24, 2.45) is 11.7 Å². The molecule has 0 aliphatic heterocycles. The van der Waals surface area contributed by atoms with Gasteiger partial charge >= 0.3 is 0 Å². The van der Waals surface area contributed by atoms with Gasteiger partial charge in [0.2, 0.25) is 0 Å². The molecule has 0 aliphatic rings. The Labute approximate surface area is 122 Å². The van der Waals surface area contributed by atoms with Gasteiger partial charge in [-0.05, 0) is 29.2 Å². The van der Waals surface area contributed by atoms with E-state index in [0.717, 1.165) is 28.6 Å². The number of rotatable bonds is 4. The molecule has 0 atom stereocenters. The summed E-state index contributed by atoms with van der Waals surface area (Å²) in [5.41, 5.74) is 8.79. The number of hydrogen-bond donors (Lipinski definition) is 2. The van der Waals surface area contributed by atoms with E-state index < -0.39 is 5.91 Å². The van der Waals surface area contributed by atoms with E-state index in [1.165, 1.54) is 0 Å². The van der Waals surface area contributed by atoms with Crippen LogP contribution in [0.25, 0.3) is 22.0 Å². The number of benzene rings is 1. The molecule has 1 aromatic carbocycles. The molecule has 2 heterocycles. The SMILES string of the molecule is CC(C)Cn1nc(C(N)=O)c2c(-c3cc[nH]c3)cccc21. The molecule has 3 aromatic rings. The molecule has 0 bridgehead atoms. The number of nitrogens with zero attached hydrogens (tertiary/aromatic N) is 2. The molecule has 2 aromatic heterocycles. The highest BCUT2D eigenvalue weighted by Crippen LogP contribution is 2.31. The first kappa shape index (κ1) is 13.4. The molecule has 0 saturated heterocycles. The van der Waals surface area contributed by atoms with Crippen molar-refractivity contribution in [3.05, 3.63) is 42.4 Å². The molecule has 108 valence electrons. The Morgan fingerprint density at radius 2 is 2.19 bits per heavy atom. The lowest BCUT2D eigenvalue weighted by molar-refractivity contribution is 0.0996. The Morgan fingerprint density at radius 1 is 1.38 bits per heavy atom. The van der Waals surface area contributed by atoms with Gasteiger partial charge in [-0.1, -0.05) is 26.0 Å². The highest BCUT2D eigenvalue weighted by atomic mass is 16.1. The summed E-state index contributed by atoms with van der Waals surface area (Å²) in [6, 6.07) is 7.92. The average Bonchev–Trinajstić information content (AvgIpc) is 3.06. The predicted octanol–water partition coefficient (Wildman–Crippen LogP) is 2.79. The first-order valence-corrected chi connectivity index (χ1v) is 7.00. The monoisotopic (exact) mass is 282 g/mol. The van der Waals surface area contributed by atoms with Gasteiger partial charge in [0, 0.05) is 24.3 Å². The second kappa shape index (κ2) is 5.09. The molecular formula is C16H18N4O. The summed E-state index contributed by atoms with van der Waals surface area (Å²) in [6.45, 7) is 4.99. The maximum absolute atomic E-state index is 11.8. The van der Waals surface area contributed by atoms with Crippen molar-refractivity contribution in [3.63, 3.8) is 0 Å². The molecule has 21 heavy (non-hydrogen) atoms. The van der Waals surface area contributed by atoms with Crippen molar-refractivity contribution in [3.8, 4) is 11.1 Å². The Balaban J connectivity index is 2.31. The number of aromatic nitrogens is 3. The number of amides is 1. The Kier molecular flexibility index (Phi) is 3.25. The minimum atomic E-state index is -0.495. The van der Waals surface area contributed by atoms with Gasteiger partial charge in [-0.15, -0.1) is 0 Å². The summed E-state index contributed by atoms with van der Waals surface area (Å²) in [4.78, 5) is 14.8. The fraction of sp³-hybridized carbons (Fsp3) is 0.250. The molecule has 0 unspecified atom stereocenters. The molecular weight excluding hydrogens is 264 g/mol. The van der Waals surface area contributed by atoms with E-state index in [9.17, 15) is 4.79 Å². The normalized spacial score (nSPS) is 11.4. The number of nitrogens with two attached hydrogens (primary N) is 1. The highest BCUT2D eigenvalue weighted by Gasteiger charge is 2.19. The molecule has 0 spiro atoms. The number of carbonyl (C=O) groups is 1. The molecule has 0 saturated carbocycles. The van der Waals surface area contributed by atoms with E-state index in [2.05, 4.69) is 23.9 Å². The van der Waals surface area contributed by atoms with Crippen LogP contribution in [0.5, 0.6) is 0 Å². The topological polar surface area (TPSA) is 76.7 Å². The van der Waals surface area contributed by atoms with Crippen LogP contribution in [0.4, 0.5) is 0 Å². The van der Waals surface area contributed by atoms with Gasteiger partial charge in [0.15, 0.2) is 5.69 Å². The molecule has 0 fully saturated rings. The largest absolute Gasteiger partial charge is 0.367 e. The summed E-state index contributed by atoms with van der Waals surface area (Å²) >= 11 is 0. The standard InChI is InChI=1S/C16H18N4O/c1-10(2)9-20-13-5-3-4-12(11-6-7-18-8-11)14(13)15(19-20)16(17)21/h3-8,10,18H,9H2,1-2H3,(H2,17,21). The van der Waals surface area contributed by atoms with Crippen LogP contribution in [0, 0.1) is 5.92 Å². The van der Waals surface area contributed by atoms with Crippen molar-refractivity contribution in [1.29, 1.82) is 0 Å². The predicted molar refractivity (Wildman–Crippen MR) is 82.9 cm³/mol. The highest BCUT2D eigenvalue weighted by molar-refractivity contribution is 6.09. The Morgan fingerprint density at radius 3 is 2.81 bits per heavy atom. The van der Waals surface area contributed by atoms with Crippen LogP contribution in [-0.2, 0) is 6.54 Å². The van der Waals surface area contributed by atoms with Crippen LogP contribution in [0.2, 0.25) is 0 Å². The molecule has 0 aliphatic carbocycles. The zero-order chi connectivity index (χ0) is 15.0. The van der Waals surface area contributed by atoms with Gasteiger partial charge in [0.25, 0.3) is 5.91 Å². The maximum Gasteiger partial charge on any atom is 0.269 e. The second-order valence-corrected chi connectivity index (χ2v) is 5.59. The number of carbonyl (C=O) groups excluding carboxylic acids is 1. The van der Waals surface area contributed by atoms with E-state index in [1.807, 2.05) is 41.3 Å². The van der Waals surface area contributed by atoms with E-state index in [-0.39, 0.29) is 0 Å². The van der Waals surface area contributed by atoms with Gasteiger partial charge in [-0.25, -0.2) is 0 Å². The van der Waals surface area contributed by atoms with Crippen molar-refractivity contribution in [1.82, 2.24) is 14.8 Å². The van der Waals surface area contributed by atoms with Crippen LogP contribution in [0.15, 0.2) is 36.7 Å².